The highest BCUT2D eigenvalue weighted by atomic mass is 16.5. The fourth-order valence-corrected chi connectivity index (χ4v) is 4.58. The van der Waals surface area contributed by atoms with Crippen LogP contribution >= 0.6 is 0 Å². The molecular formula is C28H31N5O2. The van der Waals surface area contributed by atoms with Crippen molar-refractivity contribution in [3.63, 3.8) is 0 Å². The van der Waals surface area contributed by atoms with E-state index >= 15 is 0 Å². The van der Waals surface area contributed by atoms with Gasteiger partial charge in [0.15, 0.2) is 0 Å². The third-order valence-electron chi connectivity index (χ3n) is 6.42. The Morgan fingerprint density at radius 2 is 1.83 bits per heavy atom. The van der Waals surface area contributed by atoms with Crippen molar-refractivity contribution < 1.29 is 9.47 Å². The number of aromatic nitrogens is 2. The highest BCUT2D eigenvalue weighted by Crippen LogP contribution is 2.35. The van der Waals surface area contributed by atoms with Crippen LogP contribution in [0.2, 0.25) is 0 Å². The summed E-state index contributed by atoms with van der Waals surface area (Å²) >= 11 is 0. The summed E-state index contributed by atoms with van der Waals surface area (Å²) in [5.74, 6) is 2.39. The van der Waals surface area contributed by atoms with Crippen LogP contribution < -0.4 is 25.0 Å². The van der Waals surface area contributed by atoms with Crippen LogP contribution in [0.5, 0.6) is 11.5 Å². The number of methoxy groups -OCH3 is 2. The third-order valence-corrected chi connectivity index (χ3v) is 6.42. The lowest BCUT2D eigenvalue weighted by atomic mass is 10.0. The van der Waals surface area contributed by atoms with E-state index in [0.717, 1.165) is 60.9 Å². The molecule has 5 rings (SSSR count). The molecule has 0 unspecified atom stereocenters. The summed E-state index contributed by atoms with van der Waals surface area (Å²) in [6, 6.07) is 20.7. The first kappa shape index (κ1) is 22.9. The van der Waals surface area contributed by atoms with Gasteiger partial charge < -0.3 is 25.0 Å². The second-order valence-corrected chi connectivity index (χ2v) is 8.57. The minimum Gasteiger partial charge on any atom is -0.497 e. The number of para-hydroxylation sites is 1. The average Bonchev–Trinajstić information content (AvgIpc) is 2.93. The van der Waals surface area contributed by atoms with Gasteiger partial charge in [-0.05, 0) is 53.8 Å². The van der Waals surface area contributed by atoms with Gasteiger partial charge >= 0.3 is 0 Å². The summed E-state index contributed by atoms with van der Waals surface area (Å²) < 4.78 is 11.0. The summed E-state index contributed by atoms with van der Waals surface area (Å²) in [7, 11) is 3.41. The molecule has 1 aliphatic rings. The number of piperazine rings is 1. The van der Waals surface area contributed by atoms with Gasteiger partial charge in [-0.2, -0.15) is 0 Å². The van der Waals surface area contributed by atoms with Crippen molar-refractivity contribution in [1.29, 1.82) is 0 Å². The number of hydrogen-bond acceptors (Lipinski definition) is 7. The molecule has 7 heteroatoms. The predicted octanol–water partition coefficient (Wildman–Crippen LogP) is 4.38. The van der Waals surface area contributed by atoms with Crippen molar-refractivity contribution >= 4 is 22.4 Å². The summed E-state index contributed by atoms with van der Waals surface area (Å²) in [6.07, 6.45) is 2.64. The minimum absolute atomic E-state index is 0.621. The quantitative estimate of drug-likeness (QED) is 0.397. The van der Waals surface area contributed by atoms with Crippen LogP contribution in [-0.4, -0.2) is 56.9 Å². The van der Waals surface area contributed by atoms with Crippen molar-refractivity contribution in [2.45, 2.75) is 6.42 Å². The molecule has 0 saturated carbocycles. The molecule has 4 aromatic rings. The molecule has 0 atom stereocenters. The molecular weight excluding hydrogens is 438 g/mol. The third kappa shape index (κ3) is 5.15. The molecule has 1 saturated heterocycles. The van der Waals surface area contributed by atoms with Crippen LogP contribution in [0.25, 0.3) is 22.0 Å². The summed E-state index contributed by atoms with van der Waals surface area (Å²) in [5.41, 5.74) is 4.34. The van der Waals surface area contributed by atoms with E-state index < -0.39 is 0 Å². The maximum absolute atomic E-state index is 5.51. The molecule has 1 fully saturated rings. The molecule has 35 heavy (non-hydrogen) atoms. The van der Waals surface area contributed by atoms with Crippen LogP contribution in [0.1, 0.15) is 5.56 Å². The van der Waals surface area contributed by atoms with E-state index in [4.69, 9.17) is 14.5 Å². The van der Waals surface area contributed by atoms with Crippen LogP contribution in [0.4, 0.5) is 11.6 Å². The predicted molar refractivity (Wildman–Crippen MR) is 142 cm³/mol. The van der Waals surface area contributed by atoms with E-state index in [1.54, 1.807) is 14.2 Å². The van der Waals surface area contributed by atoms with Gasteiger partial charge in [-0.15, -0.1) is 0 Å². The summed E-state index contributed by atoms with van der Waals surface area (Å²) in [6.45, 7) is 4.60. The van der Waals surface area contributed by atoms with Crippen molar-refractivity contribution in [1.82, 2.24) is 15.3 Å². The zero-order valence-corrected chi connectivity index (χ0v) is 20.3. The molecule has 3 aromatic carbocycles. The Kier molecular flexibility index (Phi) is 6.95. The number of rotatable bonds is 8. The van der Waals surface area contributed by atoms with Crippen LogP contribution in [-0.2, 0) is 6.42 Å². The Morgan fingerprint density at radius 3 is 2.66 bits per heavy atom. The average molecular weight is 470 g/mol. The Morgan fingerprint density at radius 1 is 0.971 bits per heavy atom. The van der Waals surface area contributed by atoms with E-state index in [-0.39, 0.29) is 0 Å². The van der Waals surface area contributed by atoms with E-state index in [9.17, 15) is 0 Å². The van der Waals surface area contributed by atoms with Crippen molar-refractivity contribution in [3.8, 4) is 22.8 Å². The maximum Gasteiger partial charge on any atom is 0.223 e. The second kappa shape index (κ2) is 10.6. The lowest BCUT2D eigenvalue weighted by Crippen LogP contribution is -2.43. The van der Waals surface area contributed by atoms with Crippen LogP contribution in [0.3, 0.4) is 0 Å². The topological polar surface area (TPSA) is 71.5 Å². The lowest BCUT2D eigenvalue weighted by molar-refractivity contribution is 0.410. The fourth-order valence-electron chi connectivity index (χ4n) is 4.58. The molecule has 2 N–H and O–H groups in total. The van der Waals surface area contributed by atoms with Crippen molar-refractivity contribution in [3.05, 3.63) is 72.4 Å². The molecule has 0 bridgehead atoms. The number of nitrogens with one attached hydrogen (secondary N) is 2. The number of fused-ring (bicyclic) bond motifs is 1. The van der Waals surface area contributed by atoms with Crippen LogP contribution in [0, 0.1) is 0 Å². The number of hydrogen-bond donors (Lipinski definition) is 2. The zero-order valence-electron chi connectivity index (χ0n) is 20.3. The second-order valence-electron chi connectivity index (χ2n) is 8.57. The first-order chi connectivity index (χ1) is 17.2. The van der Waals surface area contributed by atoms with Gasteiger partial charge in [0.05, 0.1) is 19.9 Å². The first-order valence-corrected chi connectivity index (χ1v) is 12.0. The maximum atomic E-state index is 5.51. The highest BCUT2D eigenvalue weighted by Gasteiger charge is 2.16. The molecule has 0 amide bonds. The summed E-state index contributed by atoms with van der Waals surface area (Å²) in [4.78, 5) is 11.7. The standard InChI is InChI=1S/C28H31N5O2/c1-34-23-8-7-21-17-22(18-26(24(21)19-23)33-15-13-29-14-16-33)25-10-12-31-28(32-25)30-11-9-20-5-3-4-6-27(20)35-2/h3-8,10,12,17-19,29H,9,11,13-16H2,1-2H3,(H,30,31,32). The van der Waals surface area contributed by atoms with E-state index in [1.807, 2.05) is 36.5 Å². The lowest BCUT2D eigenvalue weighted by Gasteiger charge is -2.31. The SMILES string of the molecule is COc1ccc2cc(-c3ccnc(NCCc4ccccc4OC)n3)cc(N3CCNCC3)c2c1. The van der Waals surface area contributed by atoms with Crippen LogP contribution in [0.15, 0.2) is 66.9 Å². The number of anilines is 2. The van der Waals surface area contributed by atoms with Gasteiger partial charge in [0.25, 0.3) is 0 Å². The molecule has 1 aliphatic heterocycles. The minimum atomic E-state index is 0.621. The fraction of sp³-hybridized carbons (Fsp3) is 0.286. The Bertz CT molecular complexity index is 1300. The van der Waals surface area contributed by atoms with E-state index in [1.165, 1.54) is 16.5 Å². The van der Waals surface area contributed by atoms with Crippen molar-refractivity contribution in [2.75, 3.05) is 57.2 Å². The Hall–Kier alpha value is -3.84. The number of ether oxygens (including phenoxy) is 2. The highest BCUT2D eigenvalue weighted by molar-refractivity contribution is 5.98. The van der Waals surface area contributed by atoms with Gasteiger partial charge in [0.2, 0.25) is 5.95 Å². The van der Waals surface area contributed by atoms with E-state index in [2.05, 4.69) is 50.8 Å². The molecule has 0 spiro atoms. The van der Waals surface area contributed by atoms with Gasteiger partial charge in [0, 0.05) is 55.6 Å². The molecule has 0 aliphatic carbocycles. The van der Waals surface area contributed by atoms with Gasteiger partial charge in [-0.25, -0.2) is 9.97 Å². The van der Waals surface area contributed by atoms with Gasteiger partial charge in [0.1, 0.15) is 11.5 Å². The molecule has 7 nitrogen and oxygen atoms in total. The Balaban J connectivity index is 1.42. The zero-order chi connectivity index (χ0) is 24.0. The Labute approximate surface area is 206 Å². The van der Waals surface area contributed by atoms with Gasteiger partial charge in [-0.3, -0.25) is 0 Å². The molecule has 180 valence electrons. The smallest absolute Gasteiger partial charge is 0.223 e. The van der Waals surface area contributed by atoms with Crippen molar-refractivity contribution in [2.24, 2.45) is 0 Å². The molecule has 2 heterocycles. The van der Waals surface area contributed by atoms with E-state index in [0.29, 0.717) is 12.5 Å². The molecule has 1 aromatic heterocycles. The number of benzene rings is 3. The normalized spacial score (nSPS) is 13.6. The molecule has 0 radical (unpaired) electrons. The van der Waals surface area contributed by atoms with Gasteiger partial charge in [-0.1, -0.05) is 24.3 Å². The first-order valence-electron chi connectivity index (χ1n) is 12.0. The summed E-state index contributed by atoms with van der Waals surface area (Å²) in [5, 5.41) is 9.18. The largest absolute Gasteiger partial charge is 0.497 e. The number of nitrogens with zero attached hydrogens (tertiary/aromatic N) is 3. The monoisotopic (exact) mass is 469 g/mol.